The van der Waals surface area contributed by atoms with Crippen molar-refractivity contribution in [1.82, 2.24) is 4.57 Å². The average molecular weight is 448 g/mol. The fourth-order valence-corrected chi connectivity index (χ4v) is 5.94. The van der Waals surface area contributed by atoms with Crippen LogP contribution in [0.15, 0.2) is 24.3 Å². The van der Waals surface area contributed by atoms with Gasteiger partial charge in [0.05, 0.1) is 11.5 Å². The zero-order chi connectivity index (χ0) is 22.2. The SMILES string of the molecule is Cc1cc(C(=O)COC(=O)CCc2ccc3c(c2)OCO3)c(C)n1[C@H]1CCS(=O)(=O)C1. The molecule has 9 heteroatoms. The Balaban J connectivity index is 1.32. The number of nitrogens with zero attached hydrogens (tertiary/aromatic N) is 1. The van der Waals surface area contributed by atoms with Gasteiger partial charge in [0.15, 0.2) is 27.9 Å². The van der Waals surface area contributed by atoms with Crippen LogP contribution in [0.25, 0.3) is 0 Å². The highest BCUT2D eigenvalue weighted by molar-refractivity contribution is 7.91. The Morgan fingerprint density at radius 2 is 1.94 bits per heavy atom. The lowest BCUT2D eigenvalue weighted by Gasteiger charge is -2.16. The van der Waals surface area contributed by atoms with Crippen molar-refractivity contribution < 1.29 is 32.2 Å². The first-order valence-electron chi connectivity index (χ1n) is 10.2. The highest BCUT2D eigenvalue weighted by Crippen LogP contribution is 2.33. The first kappa shape index (κ1) is 21.4. The van der Waals surface area contributed by atoms with Gasteiger partial charge in [0.2, 0.25) is 12.6 Å². The largest absolute Gasteiger partial charge is 0.457 e. The summed E-state index contributed by atoms with van der Waals surface area (Å²) in [6.45, 7) is 3.51. The summed E-state index contributed by atoms with van der Waals surface area (Å²) in [6, 6.07) is 7.08. The third-order valence-electron chi connectivity index (χ3n) is 5.78. The molecule has 1 aromatic heterocycles. The predicted molar refractivity (Wildman–Crippen MR) is 112 cm³/mol. The Morgan fingerprint density at radius 3 is 2.68 bits per heavy atom. The maximum absolute atomic E-state index is 12.6. The highest BCUT2D eigenvalue weighted by Gasteiger charge is 2.31. The van der Waals surface area contributed by atoms with E-state index in [0.717, 1.165) is 11.3 Å². The van der Waals surface area contributed by atoms with E-state index < -0.39 is 15.8 Å². The molecule has 0 N–H and O–H groups in total. The van der Waals surface area contributed by atoms with E-state index in [-0.39, 0.29) is 43.2 Å². The number of carbonyl (C=O) groups excluding carboxylic acids is 2. The third-order valence-corrected chi connectivity index (χ3v) is 7.53. The molecule has 31 heavy (non-hydrogen) atoms. The maximum Gasteiger partial charge on any atom is 0.306 e. The maximum atomic E-state index is 12.6. The van der Waals surface area contributed by atoms with Crippen LogP contribution in [0.1, 0.15) is 46.2 Å². The van der Waals surface area contributed by atoms with Gasteiger partial charge in [-0.3, -0.25) is 9.59 Å². The average Bonchev–Trinajstić information content (AvgIpc) is 3.41. The molecule has 0 aliphatic carbocycles. The molecule has 0 radical (unpaired) electrons. The number of hydrogen-bond donors (Lipinski definition) is 0. The standard InChI is InChI=1S/C22H25NO7S/c1-14-9-18(15(2)23(14)17-7-8-31(26,27)12-17)19(24)11-28-22(25)6-4-16-3-5-20-21(10-16)30-13-29-20/h3,5,9-10,17H,4,6-8,11-13H2,1-2H3/t17-/m0/s1. The second-order valence-electron chi connectivity index (χ2n) is 7.98. The number of fused-ring (bicyclic) bond motifs is 1. The molecule has 4 rings (SSSR count). The topological polar surface area (TPSA) is 101 Å². The van der Waals surface area contributed by atoms with Crippen molar-refractivity contribution in [1.29, 1.82) is 0 Å². The molecular weight excluding hydrogens is 422 g/mol. The fraction of sp³-hybridized carbons (Fsp3) is 0.455. The minimum absolute atomic E-state index is 0.0891. The van der Waals surface area contributed by atoms with Crippen molar-refractivity contribution in [3.8, 4) is 11.5 Å². The Morgan fingerprint density at radius 1 is 1.16 bits per heavy atom. The number of carbonyl (C=O) groups is 2. The molecule has 0 saturated carbocycles. The summed E-state index contributed by atoms with van der Waals surface area (Å²) in [5.74, 6) is 0.847. The Kier molecular flexibility index (Phi) is 5.79. The van der Waals surface area contributed by atoms with Crippen molar-refractivity contribution in [3.05, 3.63) is 46.8 Å². The summed E-state index contributed by atoms with van der Waals surface area (Å²) < 4.78 is 41.3. The Hall–Kier alpha value is -2.81. The van der Waals surface area contributed by atoms with E-state index >= 15 is 0 Å². The minimum atomic E-state index is -3.03. The second kappa shape index (κ2) is 8.37. The van der Waals surface area contributed by atoms with E-state index in [2.05, 4.69) is 0 Å². The van der Waals surface area contributed by atoms with Gasteiger partial charge in [-0.1, -0.05) is 6.07 Å². The van der Waals surface area contributed by atoms with Crippen LogP contribution in [0, 0.1) is 13.8 Å². The van der Waals surface area contributed by atoms with Crippen LogP contribution in [0.3, 0.4) is 0 Å². The Bertz CT molecular complexity index is 1130. The molecule has 0 amide bonds. The van der Waals surface area contributed by atoms with Crippen LogP contribution >= 0.6 is 0 Å². The van der Waals surface area contributed by atoms with Gasteiger partial charge < -0.3 is 18.8 Å². The van der Waals surface area contributed by atoms with E-state index in [9.17, 15) is 18.0 Å². The van der Waals surface area contributed by atoms with Crippen LogP contribution in [-0.2, 0) is 25.8 Å². The fourth-order valence-electron chi connectivity index (χ4n) is 4.24. The van der Waals surface area contributed by atoms with Crippen LogP contribution in [0.5, 0.6) is 11.5 Å². The molecule has 0 spiro atoms. The van der Waals surface area contributed by atoms with Crippen molar-refractivity contribution in [2.24, 2.45) is 0 Å². The number of Topliss-reactive ketones (excluding diaryl/α,β-unsaturated/α-hetero) is 1. The number of rotatable bonds is 7. The predicted octanol–water partition coefficient (Wildman–Crippen LogP) is 2.55. The van der Waals surface area contributed by atoms with Gasteiger partial charge in [0.25, 0.3) is 0 Å². The number of esters is 1. The number of ether oxygens (including phenoxy) is 3. The highest BCUT2D eigenvalue weighted by atomic mass is 32.2. The van der Waals surface area contributed by atoms with Gasteiger partial charge in [-0.15, -0.1) is 0 Å². The summed E-state index contributed by atoms with van der Waals surface area (Å²) in [5.41, 5.74) is 2.92. The summed E-state index contributed by atoms with van der Waals surface area (Å²) in [4.78, 5) is 24.8. The molecule has 1 saturated heterocycles. The van der Waals surface area contributed by atoms with E-state index in [1.165, 1.54) is 0 Å². The van der Waals surface area contributed by atoms with E-state index in [1.54, 1.807) is 19.1 Å². The molecule has 1 aromatic carbocycles. The number of benzene rings is 1. The van der Waals surface area contributed by atoms with Gasteiger partial charge in [0.1, 0.15) is 0 Å². The van der Waals surface area contributed by atoms with Gasteiger partial charge in [0, 0.05) is 29.4 Å². The first-order chi connectivity index (χ1) is 14.7. The first-order valence-corrected chi connectivity index (χ1v) is 12.0. The zero-order valence-electron chi connectivity index (χ0n) is 17.5. The summed E-state index contributed by atoms with van der Waals surface area (Å²) in [6.07, 6.45) is 1.15. The van der Waals surface area contributed by atoms with Crippen molar-refractivity contribution in [2.75, 3.05) is 24.9 Å². The number of sulfone groups is 1. The number of aryl methyl sites for hydroxylation is 2. The van der Waals surface area contributed by atoms with E-state index in [4.69, 9.17) is 14.2 Å². The minimum Gasteiger partial charge on any atom is -0.457 e. The van der Waals surface area contributed by atoms with Gasteiger partial charge >= 0.3 is 5.97 Å². The third kappa shape index (κ3) is 4.61. The molecule has 0 unspecified atom stereocenters. The molecule has 2 aromatic rings. The smallest absolute Gasteiger partial charge is 0.306 e. The summed E-state index contributed by atoms with van der Waals surface area (Å²) >= 11 is 0. The van der Waals surface area contributed by atoms with E-state index in [0.29, 0.717) is 35.6 Å². The van der Waals surface area contributed by atoms with Crippen LogP contribution < -0.4 is 9.47 Å². The van der Waals surface area contributed by atoms with Crippen LogP contribution in [0.4, 0.5) is 0 Å². The number of aromatic nitrogens is 1. The van der Waals surface area contributed by atoms with Crippen molar-refractivity contribution in [2.45, 2.75) is 39.2 Å². The molecule has 2 aliphatic rings. The van der Waals surface area contributed by atoms with Crippen molar-refractivity contribution >= 4 is 21.6 Å². The molecule has 8 nitrogen and oxygen atoms in total. The van der Waals surface area contributed by atoms with Gasteiger partial charge in [-0.05, 0) is 50.5 Å². The van der Waals surface area contributed by atoms with Gasteiger partial charge in [-0.25, -0.2) is 8.42 Å². The van der Waals surface area contributed by atoms with E-state index in [1.807, 2.05) is 23.6 Å². The molecule has 3 heterocycles. The lowest BCUT2D eigenvalue weighted by Crippen LogP contribution is -2.17. The summed E-state index contributed by atoms with van der Waals surface area (Å²) in [5, 5.41) is 0. The number of hydrogen-bond acceptors (Lipinski definition) is 7. The van der Waals surface area contributed by atoms with Crippen LogP contribution in [0.2, 0.25) is 0 Å². The quantitative estimate of drug-likeness (QED) is 0.475. The lowest BCUT2D eigenvalue weighted by molar-refractivity contribution is -0.142. The molecule has 1 fully saturated rings. The van der Waals surface area contributed by atoms with Gasteiger partial charge in [-0.2, -0.15) is 0 Å². The molecule has 166 valence electrons. The molecule has 0 bridgehead atoms. The molecule has 2 aliphatic heterocycles. The lowest BCUT2D eigenvalue weighted by atomic mass is 10.1. The molecular formula is C22H25NO7S. The monoisotopic (exact) mass is 447 g/mol. The number of ketones is 1. The summed E-state index contributed by atoms with van der Waals surface area (Å²) in [7, 11) is -3.03. The molecule has 1 atom stereocenters. The van der Waals surface area contributed by atoms with Crippen LogP contribution in [-0.4, -0.2) is 49.6 Å². The van der Waals surface area contributed by atoms with Crippen molar-refractivity contribution in [3.63, 3.8) is 0 Å². The zero-order valence-corrected chi connectivity index (χ0v) is 18.4. The Labute approximate surface area is 181 Å². The second-order valence-corrected chi connectivity index (χ2v) is 10.2. The normalized spacial score (nSPS) is 18.8.